The SMILES string of the molecule is CC(C)(C)c1ccc(C(C)(C)C)c(C(F)F)c1. The molecule has 0 saturated carbocycles. The van der Waals surface area contributed by atoms with E-state index < -0.39 is 6.43 Å². The van der Waals surface area contributed by atoms with Gasteiger partial charge in [-0.1, -0.05) is 53.7 Å². The smallest absolute Gasteiger partial charge is 0.205 e. The van der Waals surface area contributed by atoms with Gasteiger partial charge in [0.1, 0.15) is 0 Å². The summed E-state index contributed by atoms with van der Waals surface area (Å²) in [5, 5.41) is 0. The highest BCUT2D eigenvalue weighted by Crippen LogP contribution is 2.35. The first-order valence-electron chi connectivity index (χ1n) is 5.96. The standard InChI is InChI=1S/C15H22F2/c1-14(2,3)10-7-8-12(15(4,5)6)11(9-10)13(16)17/h7-9,13H,1-6H3. The Kier molecular flexibility index (Phi) is 3.66. The maximum Gasteiger partial charge on any atom is 0.264 e. The van der Waals surface area contributed by atoms with E-state index in [-0.39, 0.29) is 16.4 Å². The molecule has 0 radical (unpaired) electrons. The Bertz CT molecular complexity index is 392. The van der Waals surface area contributed by atoms with Crippen molar-refractivity contribution >= 4 is 0 Å². The topological polar surface area (TPSA) is 0 Å². The molecule has 0 atom stereocenters. The highest BCUT2D eigenvalue weighted by molar-refractivity contribution is 5.39. The van der Waals surface area contributed by atoms with Crippen LogP contribution in [-0.4, -0.2) is 0 Å². The summed E-state index contributed by atoms with van der Waals surface area (Å²) in [6, 6.07) is 5.47. The fourth-order valence-corrected chi connectivity index (χ4v) is 1.89. The zero-order valence-electron chi connectivity index (χ0n) is 11.6. The molecule has 1 aromatic carbocycles. The van der Waals surface area contributed by atoms with E-state index in [0.717, 1.165) is 11.1 Å². The van der Waals surface area contributed by atoms with Gasteiger partial charge >= 0.3 is 0 Å². The van der Waals surface area contributed by atoms with E-state index in [2.05, 4.69) is 0 Å². The van der Waals surface area contributed by atoms with Gasteiger partial charge in [0.05, 0.1) is 0 Å². The van der Waals surface area contributed by atoms with Crippen molar-refractivity contribution in [3.63, 3.8) is 0 Å². The molecule has 17 heavy (non-hydrogen) atoms. The van der Waals surface area contributed by atoms with E-state index in [0.29, 0.717) is 0 Å². The lowest BCUT2D eigenvalue weighted by atomic mass is 9.79. The lowest BCUT2D eigenvalue weighted by molar-refractivity contribution is 0.148. The van der Waals surface area contributed by atoms with Gasteiger partial charge in [-0.15, -0.1) is 0 Å². The molecule has 0 aliphatic carbocycles. The van der Waals surface area contributed by atoms with E-state index in [1.54, 1.807) is 6.07 Å². The van der Waals surface area contributed by atoms with Crippen molar-refractivity contribution in [1.82, 2.24) is 0 Å². The number of halogens is 2. The summed E-state index contributed by atoms with van der Waals surface area (Å²) in [4.78, 5) is 0. The second kappa shape index (κ2) is 4.40. The third-order valence-corrected chi connectivity index (χ3v) is 2.96. The Balaban J connectivity index is 3.38. The van der Waals surface area contributed by atoms with Crippen LogP contribution in [0.1, 0.15) is 64.7 Å². The number of benzene rings is 1. The lowest BCUT2D eigenvalue weighted by Crippen LogP contribution is -2.17. The van der Waals surface area contributed by atoms with Gasteiger partial charge < -0.3 is 0 Å². The summed E-state index contributed by atoms with van der Waals surface area (Å²) in [5.41, 5.74) is 1.52. The van der Waals surface area contributed by atoms with E-state index in [4.69, 9.17) is 0 Å². The largest absolute Gasteiger partial charge is 0.264 e. The molecule has 0 bridgehead atoms. The van der Waals surface area contributed by atoms with E-state index in [9.17, 15) is 8.78 Å². The van der Waals surface area contributed by atoms with Crippen molar-refractivity contribution in [3.05, 3.63) is 34.9 Å². The molecular formula is C15H22F2. The maximum atomic E-state index is 13.1. The zero-order chi connectivity index (χ0) is 13.4. The number of alkyl halides is 2. The molecule has 0 saturated heterocycles. The van der Waals surface area contributed by atoms with Crippen LogP contribution in [0, 0.1) is 0 Å². The number of hydrogen-bond donors (Lipinski definition) is 0. The number of hydrogen-bond acceptors (Lipinski definition) is 0. The molecule has 0 nitrogen and oxygen atoms in total. The minimum Gasteiger partial charge on any atom is -0.205 e. The number of rotatable bonds is 1. The van der Waals surface area contributed by atoms with Crippen molar-refractivity contribution < 1.29 is 8.78 Å². The van der Waals surface area contributed by atoms with E-state index >= 15 is 0 Å². The van der Waals surface area contributed by atoms with Gasteiger partial charge in [0, 0.05) is 5.56 Å². The quantitative estimate of drug-likeness (QED) is 0.631. The van der Waals surface area contributed by atoms with Crippen LogP contribution in [0.5, 0.6) is 0 Å². The fourth-order valence-electron chi connectivity index (χ4n) is 1.89. The molecule has 1 aromatic rings. The van der Waals surface area contributed by atoms with Crippen molar-refractivity contribution in [2.24, 2.45) is 0 Å². The Morgan fingerprint density at radius 2 is 1.41 bits per heavy atom. The molecule has 96 valence electrons. The predicted octanol–water partition coefficient (Wildman–Crippen LogP) is 5.22. The van der Waals surface area contributed by atoms with Gasteiger partial charge in [-0.05, 0) is 28.0 Å². The molecule has 0 heterocycles. The van der Waals surface area contributed by atoms with Gasteiger partial charge in [0.15, 0.2) is 0 Å². The Hall–Kier alpha value is -0.920. The Labute approximate surface area is 103 Å². The third-order valence-electron chi connectivity index (χ3n) is 2.96. The molecule has 0 fully saturated rings. The van der Waals surface area contributed by atoms with Gasteiger partial charge in [0.2, 0.25) is 0 Å². The summed E-state index contributed by atoms with van der Waals surface area (Å²) >= 11 is 0. The van der Waals surface area contributed by atoms with Crippen LogP contribution >= 0.6 is 0 Å². The van der Waals surface area contributed by atoms with Crippen molar-refractivity contribution in [2.45, 2.75) is 58.8 Å². The summed E-state index contributed by atoms with van der Waals surface area (Å²) in [5.74, 6) is 0. The molecule has 1 rings (SSSR count). The van der Waals surface area contributed by atoms with Crippen LogP contribution in [0.4, 0.5) is 8.78 Å². The van der Waals surface area contributed by atoms with Crippen molar-refractivity contribution in [1.29, 1.82) is 0 Å². The highest BCUT2D eigenvalue weighted by Gasteiger charge is 2.25. The second-order valence-corrected chi connectivity index (χ2v) is 6.60. The van der Waals surface area contributed by atoms with Gasteiger partial charge in [0.25, 0.3) is 6.43 Å². The van der Waals surface area contributed by atoms with Crippen LogP contribution in [-0.2, 0) is 10.8 Å². The zero-order valence-corrected chi connectivity index (χ0v) is 11.6. The van der Waals surface area contributed by atoms with Gasteiger partial charge in [-0.2, -0.15) is 0 Å². The molecule has 0 aliphatic heterocycles. The van der Waals surface area contributed by atoms with E-state index in [1.807, 2.05) is 53.7 Å². The fraction of sp³-hybridized carbons (Fsp3) is 0.600. The highest BCUT2D eigenvalue weighted by atomic mass is 19.3. The van der Waals surface area contributed by atoms with Crippen molar-refractivity contribution in [3.8, 4) is 0 Å². The van der Waals surface area contributed by atoms with Crippen LogP contribution in [0.25, 0.3) is 0 Å². The molecule has 0 unspecified atom stereocenters. The predicted molar refractivity (Wildman–Crippen MR) is 68.8 cm³/mol. The summed E-state index contributed by atoms with van der Waals surface area (Å²) < 4.78 is 26.3. The monoisotopic (exact) mass is 240 g/mol. The summed E-state index contributed by atoms with van der Waals surface area (Å²) in [6.45, 7) is 12.0. The van der Waals surface area contributed by atoms with Gasteiger partial charge in [-0.3, -0.25) is 0 Å². The first kappa shape index (κ1) is 14.1. The molecule has 0 aromatic heterocycles. The normalized spacial score (nSPS) is 13.2. The van der Waals surface area contributed by atoms with Crippen LogP contribution < -0.4 is 0 Å². The first-order valence-corrected chi connectivity index (χ1v) is 5.96. The molecule has 0 N–H and O–H groups in total. The Morgan fingerprint density at radius 3 is 1.76 bits per heavy atom. The van der Waals surface area contributed by atoms with Crippen LogP contribution in [0.2, 0.25) is 0 Å². The molecular weight excluding hydrogens is 218 g/mol. The Morgan fingerprint density at radius 1 is 0.882 bits per heavy atom. The van der Waals surface area contributed by atoms with Gasteiger partial charge in [-0.25, -0.2) is 8.78 Å². The van der Waals surface area contributed by atoms with Crippen molar-refractivity contribution in [2.75, 3.05) is 0 Å². The lowest BCUT2D eigenvalue weighted by Gasteiger charge is -2.26. The van der Waals surface area contributed by atoms with E-state index in [1.165, 1.54) is 0 Å². The third kappa shape index (κ3) is 3.27. The second-order valence-electron chi connectivity index (χ2n) is 6.60. The minimum absolute atomic E-state index is 0.0972. The summed E-state index contributed by atoms with van der Waals surface area (Å²) in [7, 11) is 0. The van der Waals surface area contributed by atoms with Crippen LogP contribution in [0.3, 0.4) is 0 Å². The minimum atomic E-state index is -2.41. The first-order chi connectivity index (χ1) is 7.53. The maximum absolute atomic E-state index is 13.1. The molecule has 0 spiro atoms. The molecule has 0 amide bonds. The average Bonchev–Trinajstić information content (AvgIpc) is 2.14. The molecule has 0 aliphatic rings. The average molecular weight is 240 g/mol. The van der Waals surface area contributed by atoms with Crippen LogP contribution in [0.15, 0.2) is 18.2 Å². The summed E-state index contributed by atoms with van der Waals surface area (Å²) in [6.07, 6.45) is -2.41. The molecule has 2 heteroatoms.